The number of carbonyl (C=O) groups excluding carboxylic acids is 3. The number of carbonyl (C=O) groups is 3. The van der Waals surface area contributed by atoms with Crippen LogP contribution in [0.1, 0.15) is 30.1 Å². The molecule has 1 fully saturated rings. The van der Waals surface area contributed by atoms with Gasteiger partial charge in [-0.1, -0.05) is 6.07 Å². The quantitative estimate of drug-likeness (QED) is 0.541. The number of ether oxygens (including phenoxy) is 3. The molecule has 9 nitrogen and oxygen atoms in total. The molecule has 0 aliphatic carbocycles. The Morgan fingerprint density at radius 2 is 1.91 bits per heavy atom. The molecular formula is C24H31N3O6S. The highest BCUT2D eigenvalue weighted by Gasteiger charge is 2.33. The van der Waals surface area contributed by atoms with Crippen LogP contribution in [0.15, 0.2) is 23.6 Å². The maximum Gasteiger partial charge on any atom is 0.341 e. The molecule has 1 atom stereocenters. The van der Waals surface area contributed by atoms with E-state index in [1.807, 2.05) is 11.0 Å². The molecule has 2 amide bonds. The minimum absolute atomic E-state index is 0.00984. The average Bonchev–Trinajstić information content (AvgIpc) is 3.45. The Morgan fingerprint density at radius 1 is 1.18 bits per heavy atom. The summed E-state index contributed by atoms with van der Waals surface area (Å²) >= 11 is 1.25. The molecule has 3 rings (SSSR count). The molecule has 1 saturated heterocycles. The largest absolute Gasteiger partial charge is 0.493 e. The lowest BCUT2D eigenvalue weighted by Gasteiger charge is -2.25. The van der Waals surface area contributed by atoms with Crippen LogP contribution >= 0.6 is 11.3 Å². The van der Waals surface area contributed by atoms with Crippen LogP contribution in [-0.2, 0) is 14.3 Å². The first-order chi connectivity index (χ1) is 16.3. The van der Waals surface area contributed by atoms with Crippen LogP contribution in [0.2, 0.25) is 0 Å². The van der Waals surface area contributed by atoms with E-state index in [0.717, 1.165) is 18.4 Å². The summed E-state index contributed by atoms with van der Waals surface area (Å²) in [5.74, 6) is 0.275. The van der Waals surface area contributed by atoms with Gasteiger partial charge in [0.2, 0.25) is 11.8 Å². The van der Waals surface area contributed by atoms with E-state index in [-0.39, 0.29) is 36.6 Å². The van der Waals surface area contributed by atoms with Crippen molar-refractivity contribution < 1.29 is 28.6 Å². The molecule has 10 heteroatoms. The fraction of sp³-hybridized carbons (Fsp3) is 0.458. The molecule has 1 unspecified atom stereocenters. The molecule has 0 radical (unpaired) electrons. The molecule has 1 aromatic heterocycles. The van der Waals surface area contributed by atoms with Crippen molar-refractivity contribution in [1.29, 1.82) is 0 Å². The summed E-state index contributed by atoms with van der Waals surface area (Å²) in [7, 11) is 6.52. The first kappa shape index (κ1) is 25.5. The average molecular weight is 490 g/mol. The standard InChI is InChI=1S/C24H31N3O6S/c1-6-33-24(30)21-16(15-9-10-18(31-4)19(12-15)32-5)14-34-22(21)25-20(28)13-27-11-7-8-17(27)23(29)26(2)3/h9-10,12,14,17H,6-8,11,13H2,1-5H3,(H,25,28). The van der Waals surface area contributed by atoms with Crippen molar-refractivity contribution in [3.05, 3.63) is 29.1 Å². The molecule has 0 bridgehead atoms. The summed E-state index contributed by atoms with van der Waals surface area (Å²) in [6.45, 7) is 2.67. The molecule has 2 aromatic rings. The Labute approximate surface area is 203 Å². The lowest BCUT2D eigenvalue weighted by molar-refractivity contribution is -0.133. The van der Waals surface area contributed by atoms with Gasteiger partial charge in [-0.05, 0) is 44.0 Å². The van der Waals surface area contributed by atoms with Crippen LogP contribution in [0.4, 0.5) is 5.00 Å². The van der Waals surface area contributed by atoms with Crippen molar-refractivity contribution in [2.45, 2.75) is 25.8 Å². The van der Waals surface area contributed by atoms with Crippen molar-refractivity contribution in [1.82, 2.24) is 9.80 Å². The number of methoxy groups -OCH3 is 2. The van der Waals surface area contributed by atoms with Crippen LogP contribution in [0.25, 0.3) is 11.1 Å². The van der Waals surface area contributed by atoms with Gasteiger partial charge in [0.1, 0.15) is 10.6 Å². The summed E-state index contributed by atoms with van der Waals surface area (Å²) < 4.78 is 16.0. The SMILES string of the molecule is CCOC(=O)c1c(-c2ccc(OC)c(OC)c2)csc1NC(=O)CN1CCCC1C(=O)N(C)C. The zero-order valence-electron chi connectivity index (χ0n) is 20.2. The van der Waals surface area contributed by atoms with Gasteiger partial charge < -0.3 is 24.4 Å². The second kappa shape index (κ2) is 11.3. The number of esters is 1. The number of benzene rings is 1. The van der Waals surface area contributed by atoms with E-state index in [1.54, 1.807) is 57.7 Å². The zero-order valence-corrected chi connectivity index (χ0v) is 21.0. The number of likely N-dealkylation sites (tertiary alicyclic amines) is 1. The predicted octanol–water partition coefficient (Wildman–Crippen LogP) is 3.10. The van der Waals surface area contributed by atoms with E-state index >= 15 is 0 Å². The van der Waals surface area contributed by atoms with Crippen LogP contribution in [0.3, 0.4) is 0 Å². The van der Waals surface area contributed by atoms with Gasteiger partial charge in [0.25, 0.3) is 0 Å². The first-order valence-corrected chi connectivity index (χ1v) is 11.9. The van der Waals surface area contributed by atoms with E-state index in [4.69, 9.17) is 14.2 Å². The van der Waals surface area contributed by atoms with Crippen LogP contribution in [0.5, 0.6) is 11.5 Å². The molecule has 34 heavy (non-hydrogen) atoms. The smallest absolute Gasteiger partial charge is 0.341 e. The molecule has 184 valence electrons. The molecule has 0 spiro atoms. The predicted molar refractivity (Wildman–Crippen MR) is 131 cm³/mol. The van der Waals surface area contributed by atoms with Crippen molar-refractivity contribution in [3.8, 4) is 22.6 Å². The topological polar surface area (TPSA) is 97.4 Å². The fourth-order valence-electron chi connectivity index (χ4n) is 4.02. The third-order valence-electron chi connectivity index (χ3n) is 5.65. The van der Waals surface area contributed by atoms with Crippen LogP contribution in [-0.4, -0.2) is 81.6 Å². The second-order valence-electron chi connectivity index (χ2n) is 8.05. The Kier molecular flexibility index (Phi) is 8.51. The Balaban J connectivity index is 1.86. The molecular weight excluding hydrogens is 458 g/mol. The van der Waals surface area contributed by atoms with E-state index in [1.165, 1.54) is 11.3 Å². The Hall–Kier alpha value is -3.11. The number of anilines is 1. The molecule has 1 aliphatic rings. The van der Waals surface area contributed by atoms with Gasteiger partial charge in [-0.15, -0.1) is 11.3 Å². The maximum absolute atomic E-state index is 12.9. The van der Waals surface area contributed by atoms with E-state index in [2.05, 4.69) is 5.32 Å². The second-order valence-corrected chi connectivity index (χ2v) is 8.93. The number of rotatable bonds is 9. The summed E-state index contributed by atoms with van der Waals surface area (Å²) in [6.07, 6.45) is 1.58. The normalized spacial score (nSPS) is 15.6. The van der Waals surface area contributed by atoms with Crippen molar-refractivity contribution in [3.63, 3.8) is 0 Å². The van der Waals surface area contributed by atoms with Gasteiger partial charge in [0, 0.05) is 25.0 Å². The molecule has 1 aliphatic heterocycles. The Bertz CT molecular complexity index is 1050. The number of thiophene rings is 1. The molecule has 1 N–H and O–H groups in total. The monoisotopic (exact) mass is 489 g/mol. The highest BCUT2D eigenvalue weighted by Crippen LogP contribution is 2.39. The molecule has 1 aromatic carbocycles. The Morgan fingerprint density at radius 3 is 2.56 bits per heavy atom. The number of hydrogen-bond donors (Lipinski definition) is 1. The third-order valence-corrected chi connectivity index (χ3v) is 6.55. The highest BCUT2D eigenvalue weighted by molar-refractivity contribution is 7.15. The number of nitrogens with one attached hydrogen (secondary N) is 1. The summed E-state index contributed by atoms with van der Waals surface area (Å²) in [4.78, 5) is 41.6. The zero-order chi connectivity index (χ0) is 24.8. The van der Waals surface area contributed by atoms with Crippen molar-refractivity contribution >= 4 is 34.1 Å². The van der Waals surface area contributed by atoms with Gasteiger partial charge in [-0.3, -0.25) is 14.5 Å². The first-order valence-electron chi connectivity index (χ1n) is 11.1. The van der Waals surface area contributed by atoms with Gasteiger partial charge in [0.05, 0.1) is 33.4 Å². The minimum atomic E-state index is -0.523. The minimum Gasteiger partial charge on any atom is -0.493 e. The van der Waals surface area contributed by atoms with E-state index < -0.39 is 5.97 Å². The number of amides is 2. The van der Waals surface area contributed by atoms with Crippen molar-refractivity contribution in [2.75, 3.05) is 53.3 Å². The van der Waals surface area contributed by atoms with Crippen molar-refractivity contribution in [2.24, 2.45) is 0 Å². The van der Waals surface area contributed by atoms with Gasteiger partial charge in [0.15, 0.2) is 11.5 Å². The number of nitrogens with zero attached hydrogens (tertiary/aromatic N) is 2. The van der Waals surface area contributed by atoms with Crippen LogP contribution < -0.4 is 14.8 Å². The van der Waals surface area contributed by atoms with Gasteiger partial charge >= 0.3 is 5.97 Å². The van der Waals surface area contributed by atoms with Crippen LogP contribution in [0, 0.1) is 0 Å². The summed E-state index contributed by atoms with van der Waals surface area (Å²) in [6, 6.07) is 5.04. The number of hydrogen-bond acceptors (Lipinski definition) is 8. The third kappa shape index (κ3) is 5.51. The van der Waals surface area contributed by atoms with Gasteiger partial charge in [-0.25, -0.2) is 4.79 Å². The molecule has 0 saturated carbocycles. The fourth-order valence-corrected chi connectivity index (χ4v) is 4.99. The number of likely N-dealkylation sites (N-methyl/N-ethyl adjacent to an activating group) is 1. The summed E-state index contributed by atoms with van der Waals surface area (Å²) in [5.41, 5.74) is 1.64. The highest BCUT2D eigenvalue weighted by atomic mass is 32.1. The molecule has 2 heterocycles. The van der Waals surface area contributed by atoms with E-state index in [9.17, 15) is 14.4 Å². The summed E-state index contributed by atoms with van der Waals surface area (Å²) in [5, 5.41) is 5.07. The maximum atomic E-state index is 12.9. The van der Waals surface area contributed by atoms with Gasteiger partial charge in [-0.2, -0.15) is 0 Å². The van der Waals surface area contributed by atoms with E-state index in [0.29, 0.717) is 28.6 Å². The lowest BCUT2D eigenvalue weighted by atomic mass is 10.0. The lowest BCUT2D eigenvalue weighted by Crippen LogP contribution is -2.45.